The molecule has 20 heavy (non-hydrogen) atoms. The topological polar surface area (TPSA) is 84.0 Å². The van der Waals surface area contributed by atoms with Crippen molar-refractivity contribution in [3.05, 3.63) is 16.1 Å². The summed E-state index contributed by atoms with van der Waals surface area (Å²) in [5, 5.41) is 14.9. The van der Waals surface area contributed by atoms with Crippen molar-refractivity contribution in [1.82, 2.24) is 9.88 Å². The summed E-state index contributed by atoms with van der Waals surface area (Å²) in [5.74, 6) is 0.129. The number of oxime groups is 1. The molecule has 1 aromatic heterocycles. The van der Waals surface area contributed by atoms with Crippen LogP contribution < -0.4 is 5.73 Å². The monoisotopic (exact) mass is 298 g/mol. The molecule has 1 unspecified atom stereocenters. The molecule has 2 heterocycles. The highest BCUT2D eigenvalue weighted by atomic mass is 32.1. The van der Waals surface area contributed by atoms with Crippen LogP contribution in [0.2, 0.25) is 0 Å². The van der Waals surface area contributed by atoms with Crippen LogP contribution in [-0.4, -0.2) is 46.7 Å². The molecule has 3 N–H and O–H groups in total. The van der Waals surface area contributed by atoms with E-state index in [-0.39, 0.29) is 17.4 Å². The van der Waals surface area contributed by atoms with Crippen LogP contribution in [0.3, 0.4) is 0 Å². The largest absolute Gasteiger partial charge is 0.409 e. The summed E-state index contributed by atoms with van der Waals surface area (Å²) in [7, 11) is 0. The van der Waals surface area contributed by atoms with Gasteiger partial charge >= 0.3 is 0 Å². The summed E-state index contributed by atoms with van der Waals surface area (Å²) in [4.78, 5) is 6.91. The molecule has 2 rings (SSSR count). The Morgan fingerprint density at radius 2 is 2.40 bits per heavy atom. The number of rotatable bonds is 3. The van der Waals surface area contributed by atoms with E-state index in [2.05, 4.69) is 36.2 Å². The highest BCUT2D eigenvalue weighted by Gasteiger charge is 2.25. The first-order valence-corrected chi connectivity index (χ1v) is 7.54. The molecule has 7 heteroatoms. The number of amidine groups is 1. The minimum absolute atomic E-state index is 0.0796. The van der Waals surface area contributed by atoms with Gasteiger partial charge < -0.3 is 15.7 Å². The van der Waals surface area contributed by atoms with Crippen LogP contribution in [0.25, 0.3) is 0 Å². The third-order valence-corrected chi connectivity index (χ3v) is 4.11. The normalized spacial score (nSPS) is 22.1. The lowest BCUT2D eigenvalue weighted by Gasteiger charge is -2.31. The lowest BCUT2D eigenvalue weighted by atomic mass is 9.93. The van der Waals surface area contributed by atoms with Crippen LogP contribution in [0.4, 0.5) is 0 Å². The van der Waals surface area contributed by atoms with E-state index in [0.717, 1.165) is 23.8 Å². The number of thiazole rings is 1. The Hall–Kier alpha value is -1.18. The molecular weight excluding hydrogens is 276 g/mol. The van der Waals surface area contributed by atoms with Crippen LogP contribution in [0, 0.1) is 0 Å². The van der Waals surface area contributed by atoms with E-state index < -0.39 is 0 Å². The summed E-state index contributed by atoms with van der Waals surface area (Å²) >= 11 is 1.68. The van der Waals surface area contributed by atoms with Crippen molar-refractivity contribution in [2.24, 2.45) is 10.9 Å². The van der Waals surface area contributed by atoms with Crippen molar-refractivity contribution >= 4 is 17.2 Å². The quantitative estimate of drug-likeness (QED) is 0.381. The second-order valence-electron chi connectivity index (χ2n) is 6.00. The van der Waals surface area contributed by atoms with E-state index in [1.165, 1.54) is 0 Å². The Bertz CT molecular complexity index is 481. The van der Waals surface area contributed by atoms with Gasteiger partial charge in [0.25, 0.3) is 0 Å². The number of ether oxygens (including phenoxy) is 1. The van der Waals surface area contributed by atoms with E-state index in [1.807, 2.05) is 0 Å². The minimum atomic E-state index is -0.337. The highest BCUT2D eigenvalue weighted by Crippen LogP contribution is 2.24. The van der Waals surface area contributed by atoms with Gasteiger partial charge in [-0.25, -0.2) is 4.98 Å². The first-order chi connectivity index (χ1) is 9.40. The molecule has 0 amide bonds. The molecule has 1 atom stereocenters. The Morgan fingerprint density at radius 1 is 1.65 bits per heavy atom. The second kappa shape index (κ2) is 6.07. The molecule has 0 bridgehead atoms. The third-order valence-electron chi connectivity index (χ3n) is 3.27. The van der Waals surface area contributed by atoms with Gasteiger partial charge in [-0.3, -0.25) is 4.90 Å². The van der Waals surface area contributed by atoms with E-state index in [1.54, 1.807) is 11.3 Å². The number of morpholine rings is 1. The van der Waals surface area contributed by atoms with Crippen molar-refractivity contribution < 1.29 is 9.94 Å². The maximum absolute atomic E-state index is 8.71. The van der Waals surface area contributed by atoms with Crippen LogP contribution in [0.15, 0.2) is 10.5 Å². The zero-order valence-corrected chi connectivity index (χ0v) is 13.0. The third kappa shape index (κ3) is 3.68. The first kappa shape index (κ1) is 15.2. The summed E-state index contributed by atoms with van der Waals surface area (Å²) in [5.41, 5.74) is 6.80. The average molecular weight is 298 g/mol. The number of hydrogen-bond acceptors (Lipinski definition) is 6. The summed E-state index contributed by atoms with van der Waals surface area (Å²) in [6.07, 6.45) is -0.337. The average Bonchev–Trinajstić information content (AvgIpc) is 2.86. The lowest BCUT2D eigenvalue weighted by Crippen LogP contribution is -2.48. The van der Waals surface area contributed by atoms with Gasteiger partial charge in [-0.05, 0) is 0 Å². The molecule has 0 saturated carbocycles. The van der Waals surface area contributed by atoms with Crippen LogP contribution in [0.1, 0.15) is 31.5 Å². The van der Waals surface area contributed by atoms with Gasteiger partial charge in [-0.15, -0.1) is 11.3 Å². The molecular formula is C13H22N4O2S. The van der Waals surface area contributed by atoms with Crippen molar-refractivity contribution in [1.29, 1.82) is 0 Å². The lowest BCUT2D eigenvalue weighted by molar-refractivity contribution is 0.00137. The second-order valence-corrected chi connectivity index (χ2v) is 6.94. The van der Waals surface area contributed by atoms with Crippen molar-refractivity contribution in [2.45, 2.75) is 38.8 Å². The maximum Gasteiger partial charge on any atom is 0.169 e. The molecule has 6 nitrogen and oxygen atoms in total. The van der Waals surface area contributed by atoms with Gasteiger partial charge in [0.15, 0.2) is 5.84 Å². The Morgan fingerprint density at radius 3 is 3.00 bits per heavy atom. The predicted molar refractivity (Wildman–Crippen MR) is 79.2 cm³/mol. The fraction of sp³-hybridized carbons (Fsp3) is 0.692. The van der Waals surface area contributed by atoms with Crippen LogP contribution in [0.5, 0.6) is 0 Å². The Kier molecular flexibility index (Phi) is 4.62. The Balaban J connectivity index is 1.98. The van der Waals surface area contributed by atoms with Crippen molar-refractivity contribution in [3.63, 3.8) is 0 Å². The van der Waals surface area contributed by atoms with Gasteiger partial charge in [0, 0.05) is 23.9 Å². The zero-order valence-electron chi connectivity index (χ0n) is 12.2. The van der Waals surface area contributed by atoms with Crippen molar-refractivity contribution in [3.8, 4) is 0 Å². The molecule has 1 fully saturated rings. The molecule has 0 aliphatic carbocycles. The highest BCUT2D eigenvalue weighted by molar-refractivity contribution is 7.09. The Labute approximate surface area is 123 Å². The van der Waals surface area contributed by atoms with Gasteiger partial charge in [0.1, 0.15) is 11.1 Å². The molecule has 0 spiro atoms. The number of aromatic nitrogens is 1. The van der Waals surface area contributed by atoms with Crippen LogP contribution >= 0.6 is 11.3 Å². The fourth-order valence-corrected chi connectivity index (χ4v) is 3.07. The van der Waals surface area contributed by atoms with Gasteiger partial charge in [-0.1, -0.05) is 25.9 Å². The molecule has 1 aliphatic rings. The number of nitrogens with zero attached hydrogens (tertiary/aromatic N) is 3. The predicted octanol–water partition coefficient (Wildman–Crippen LogP) is 1.39. The first-order valence-electron chi connectivity index (χ1n) is 6.66. The standard InChI is InChI=1S/C13H22N4O2S/c1-13(2,3)10-8-20-11(15-10)7-17-4-5-19-9(6-17)12(14)16-18/h8-9,18H,4-7H2,1-3H3,(H2,14,16). The van der Waals surface area contributed by atoms with E-state index in [9.17, 15) is 0 Å². The fourth-order valence-electron chi connectivity index (χ4n) is 2.01. The molecule has 0 aromatic carbocycles. The smallest absolute Gasteiger partial charge is 0.169 e. The van der Waals surface area contributed by atoms with Crippen LogP contribution in [-0.2, 0) is 16.7 Å². The minimum Gasteiger partial charge on any atom is -0.409 e. The molecule has 1 aromatic rings. The number of hydrogen-bond donors (Lipinski definition) is 2. The zero-order chi connectivity index (χ0) is 14.8. The van der Waals surface area contributed by atoms with Gasteiger partial charge in [0.05, 0.1) is 18.8 Å². The number of nitrogens with two attached hydrogens (primary N) is 1. The summed E-state index contributed by atoms with van der Waals surface area (Å²) < 4.78 is 5.48. The van der Waals surface area contributed by atoms with Gasteiger partial charge in [0.2, 0.25) is 0 Å². The molecule has 0 radical (unpaired) electrons. The molecule has 1 saturated heterocycles. The summed E-state index contributed by atoms with van der Waals surface area (Å²) in [6, 6.07) is 0. The van der Waals surface area contributed by atoms with E-state index in [4.69, 9.17) is 20.7 Å². The molecule has 112 valence electrons. The van der Waals surface area contributed by atoms with Gasteiger partial charge in [-0.2, -0.15) is 0 Å². The van der Waals surface area contributed by atoms with E-state index in [0.29, 0.717) is 13.2 Å². The molecule has 1 aliphatic heterocycles. The maximum atomic E-state index is 8.71. The SMILES string of the molecule is CC(C)(C)c1csc(CN2CCOC(C(N)=NO)C2)n1. The van der Waals surface area contributed by atoms with E-state index >= 15 is 0 Å². The van der Waals surface area contributed by atoms with Crippen molar-refractivity contribution in [2.75, 3.05) is 19.7 Å². The summed E-state index contributed by atoms with van der Waals surface area (Å²) in [6.45, 7) is 9.30.